The van der Waals surface area contributed by atoms with Gasteiger partial charge in [-0.3, -0.25) is 14.5 Å². The third-order valence-corrected chi connectivity index (χ3v) is 6.00. The van der Waals surface area contributed by atoms with Crippen molar-refractivity contribution in [3.8, 4) is 6.07 Å². The maximum Gasteiger partial charge on any atom is 0.247 e. The number of aromatic nitrogens is 3. The lowest BCUT2D eigenvalue weighted by molar-refractivity contribution is -0.118. The molecule has 1 atom stereocenters. The van der Waals surface area contributed by atoms with Crippen LogP contribution in [0.3, 0.4) is 0 Å². The van der Waals surface area contributed by atoms with Gasteiger partial charge in [0.1, 0.15) is 6.04 Å². The van der Waals surface area contributed by atoms with Crippen LogP contribution in [0, 0.1) is 24.2 Å². The molecule has 2 aromatic heterocycles. The molecule has 172 valence electrons. The number of carbonyl (C=O) groups excluding carboxylic acids is 1. The molecule has 33 heavy (non-hydrogen) atoms. The van der Waals surface area contributed by atoms with Gasteiger partial charge >= 0.3 is 0 Å². The fourth-order valence-corrected chi connectivity index (χ4v) is 4.39. The minimum atomic E-state index is -0.188. The first-order chi connectivity index (χ1) is 15.4. The lowest BCUT2D eigenvalue weighted by Crippen LogP contribution is -2.49. The molecule has 1 aliphatic heterocycles. The molecule has 7 nitrogen and oxygen atoms in total. The molecule has 0 saturated heterocycles. The van der Waals surface area contributed by atoms with Crippen molar-refractivity contribution in [2.75, 3.05) is 17.3 Å². The predicted molar refractivity (Wildman–Crippen MR) is 131 cm³/mol. The quantitative estimate of drug-likeness (QED) is 0.611. The maximum absolute atomic E-state index is 12.5. The van der Waals surface area contributed by atoms with Crippen LogP contribution in [0.15, 0.2) is 42.7 Å². The molecule has 1 amide bonds. The van der Waals surface area contributed by atoms with Crippen LogP contribution in [0.2, 0.25) is 0 Å². The Labute approximate surface area is 196 Å². The molecular formula is C26H32N6O. The normalized spacial score (nSPS) is 15.0. The zero-order valence-corrected chi connectivity index (χ0v) is 19.0. The summed E-state index contributed by atoms with van der Waals surface area (Å²) < 4.78 is 1.87. The molecule has 0 bridgehead atoms. The molecule has 3 heterocycles. The number of hydrogen-bond donors (Lipinski definition) is 1. The van der Waals surface area contributed by atoms with Gasteiger partial charge in [0.05, 0.1) is 41.4 Å². The summed E-state index contributed by atoms with van der Waals surface area (Å²) in [6, 6.07) is 11.7. The number of nitrogens with one attached hydrogen (secondary N) is 1. The second-order valence-electron chi connectivity index (χ2n) is 8.70. The van der Waals surface area contributed by atoms with Gasteiger partial charge in [-0.1, -0.05) is 39.5 Å². The number of benzene rings is 1. The monoisotopic (exact) mass is 444 g/mol. The Morgan fingerprint density at radius 1 is 1.24 bits per heavy atom. The number of anilines is 2. The molecular weight excluding hydrogens is 412 g/mol. The number of fused-ring (bicyclic) bond motifs is 1. The number of amides is 1. The number of nitrogens with zero attached hydrogens (tertiary/aromatic N) is 5. The van der Waals surface area contributed by atoms with E-state index in [0.29, 0.717) is 12.1 Å². The van der Waals surface area contributed by atoms with Crippen LogP contribution in [-0.2, 0) is 24.2 Å². The largest absolute Gasteiger partial charge is 0.361 e. The molecule has 0 radical (unpaired) electrons. The highest BCUT2D eigenvalue weighted by atomic mass is 16.2. The van der Waals surface area contributed by atoms with Crippen molar-refractivity contribution in [1.29, 1.82) is 5.26 Å². The van der Waals surface area contributed by atoms with Crippen molar-refractivity contribution >= 4 is 17.3 Å². The Morgan fingerprint density at radius 2 is 2.00 bits per heavy atom. The number of pyridine rings is 1. The van der Waals surface area contributed by atoms with Crippen LogP contribution >= 0.6 is 0 Å². The smallest absolute Gasteiger partial charge is 0.247 e. The van der Waals surface area contributed by atoms with Gasteiger partial charge in [0.25, 0.3) is 0 Å². The first-order valence-corrected chi connectivity index (χ1v) is 10.9. The van der Waals surface area contributed by atoms with Crippen LogP contribution in [0.4, 0.5) is 11.4 Å². The summed E-state index contributed by atoms with van der Waals surface area (Å²) in [5.74, 6) is 0.236. The molecule has 1 N–H and O–H groups in total. The average molecular weight is 445 g/mol. The van der Waals surface area contributed by atoms with Gasteiger partial charge in [-0.15, -0.1) is 0 Å². The first-order valence-electron chi connectivity index (χ1n) is 10.9. The molecule has 3 aromatic rings. The lowest BCUT2D eigenvalue weighted by Gasteiger charge is -2.38. The van der Waals surface area contributed by atoms with Gasteiger partial charge in [0.2, 0.25) is 5.91 Å². The van der Waals surface area contributed by atoms with E-state index in [2.05, 4.69) is 41.3 Å². The lowest BCUT2D eigenvalue weighted by atomic mass is 9.97. The van der Waals surface area contributed by atoms with E-state index in [1.54, 1.807) is 0 Å². The highest BCUT2D eigenvalue weighted by Gasteiger charge is 2.34. The van der Waals surface area contributed by atoms with E-state index in [1.165, 1.54) is 0 Å². The summed E-state index contributed by atoms with van der Waals surface area (Å²) in [6.07, 6.45) is 5.50. The molecule has 0 spiro atoms. The van der Waals surface area contributed by atoms with Gasteiger partial charge in [-0.2, -0.15) is 10.4 Å². The van der Waals surface area contributed by atoms with Gasteiger partial charge in [-0.25, -0.2) is 0 Å². The SMILES string of the molecule is C.Cc1nc(CCc2cnn(Cc3ccccc3C#N)c2)cc2c1NC(=O)[C@H](C(C)C)N2C. The Hall–Kier alpha value is -3.66. The Kier molecular flexibility index (Phi) is 7.17. The van der Waals surface area contributed by atoms with Crippen molar-refractivity contribution in [2.45, 2.75) is 53.6 Å². The summed E-state index contributed by atoms with van der Waals surface area (Å²) >= 11 is 0. The van der Waals surface area contributed by atoms with E-state index in [0.717, 1.165) is 46.7 Å². The Bertz CT molecular complexity index is 1190. The van der Waals surface area contributed by atoms with Crippen LogP contribution in [-0.4, -0.2) is 33.8 Å². The summed E-state index contributed by atoms with van der Waals surface area (Å²) in [4.78, 5) is 19.3. The zero-order valence-electron chi connectivity index (χ0n) is 19.0. The van der Waals surface area contributed by atoms with E-state index in [1.807, 2.05) is 55.3 Å². The van der Waals surface area contributed by atoms with Crippen molar-refractivity contribution in [3.05, 3.63) is 70.8 Å². The molecule has 7 heteroatoms. The highest BCUT2D eigenvalue weighted by molar-refractivity contribution is 6.04. The average Bonchev–Trinajstić information content (AvgIpc) is 3.20. The Morgan fingerprint density at radius 3 is 2.73 bits per heavy atom. The van der Waals surface area contributed by atoms with Crippen molar-refractivity contribution < 1.29 is 4.79 Å². The van der Waals surface area contributed by atoms with Gasteiger partial charge in [-0.05, 0) is 48.9 Å². The topological polar surface area (TPSA) is 86.8 Å². The fraction of sp³-hybridized carbons (Fsp3) is 0.385. The second-order valence-corrected chi connectivity index (χ2v) is 8.70. The minimum absolute atomic E-state index is 0. The molecule has 0 unspecified atom stereocenters. The summed E-state index contributed by atoms with van der Waals surface area (Å²) in [7, 11) is 1.98. The third kappa shape index (κ3) is 4.90. The number of rotatable bonds is 6. The van der Waals surface area contributed by atoms with Gasteiger partial charge < -0.3 is 10.2 Å². The van der Waals surface area contributed by atoms with E-state index in [9.17, 15) is 10.1 Å². The fourth-order valence-electron chi connectivity index (χ4n) is 4.39. The molecule has 0 saturated carbocycles. The zero-order chi connectivity index (χ0) is 22.8. The van der Waals surface area contributed by atoms with E-state index < -0.39 is 0 Å². The van der Waals surface area contributed by atoms with Gasteiger partial charge in [0.15, 0.2) is 0 Å². The Balaban J connectivity index is 0.00000306. The van der Waals surface area contributed by atoms with Crippen LogP contribution in [0.25, 0.3) is 0 Å². The molecule has 0 fully saturated rings. The van der Waals surface area contributed by atoms with Crippen LogP contribution in [0.5, 0.6) is 0 Å². The number of nitriles is 1. The third-order valence-electron chi connectivity index (χ3n) is 6.00. The van der Waals surface area contributed by atoms with Crippen LogP contribution < -0.4 is 10.2 Å². The standard InChI is InChI=1S/C25H28N6O.CH4/c1-16(2)24-25(32)29-23-17(3)28-21(11-22(23)30(24)4)10-9-18-13-27-31(14-18)15-20-8-6-5-7-19(20)12-26;/h5-8,11,13-14,16,24H,9-10,15H2,1-4H3,(H,29,32);1H4/t24-;/m0./s1. The number of carbonyl (C=O) groups is 1. The van der Waals surface area contributed by atoms with E-state index in [4.69, 9.17) is 4.98 Å². The minimum Gasteiger partial charge on any atom is -0.361 e. The van der Waals surface area contributed by atoms with E-state index >= 15 is 0 Å². The number of likely N-dealkylation sites (N-methyl/N-ethyl adjacent to an activating group) is 1. The molecule has 1 aliphatic rings. The molecule has 0 aliphatic carbocycles. The van der Waals surface area contributed by atoms with Crippen molar-refractivity contribution in [1.82, 2.24) is 14.8 Å². The van der Waals surface area contributed by atoms with E-state index in [-0.39, 0.29) is 25.3 Å². The van der Waals surface area contributed by atoms with Crippen molar-refractivity contribution in [3.63, 3.8) is 0 Å². The number of hydrogen-bond acceptors (Lipinski definition) is 5. The maximum atomic E-state index is 12.5. The summed E-state index contributed by atoms with van der Waals surface area (Å²) in [5.41, 5.74) is 6.42. The summed E-state index contributed by atoms with van der Waals surface area (Å²) in [6.45, 7) is 6.64. The second kappa shape index (κ2) is 9.86. The number of aryl methyl sites for hydroxylation is 3. The molecule has 1 aromatic carbocycles. The van der Waals surface area contributed by atoms with Gasteiger partial charge in [0, 0.05) is 18.9 Å². The summed E-state index contributed by atoms with van der Waals surface area (Å²) in [5, 5.41) is 16.8. The van der Waals surface area contributed by atoms with Crippen LogP contribution in [0.1, 0.15) is 49.4 Å². The predicted octanol–water partition coefficient (Wildman–Crippen LogP) is 4.34. The first kappa shape index (κ1) is 24.0. The molecule has 4 rings (SSSR count). The van der Waals surface area contributed by atoms with Crippen molar-refractivity contribution in [2.24, 2.45) is 5.92 Å². The highest BCUT2D eigenvalue weighted by Crippen LogP contribution is 2.35.